The molecule has 0 aliphatic carbocycles. The van der Waals surface area contributed by atoms with E-state index in [2.05, 4.69) is 21.3 Å². The SMILES string of the molecule is O=C(Nc1nc2cc(CN3CCCCC3)ccc2n1-c1ccccc1)c1cccc(C(F)(F)F)c1. The minimum absolute atomic E-state index is 0.0859. The van der Waals surface area contributed by atoms with E-state index in [0.29, 0.717) is 5.52 Å². The number of hydrogen-bond donors (Lipinski definition) is 1. The third-order valence-corrected chi connectivity index (χ3v) is 6.27. The minimum atomic E-state index is -4.53. The van der Waals surface area contributed by atoms with E-state index in [1.54, 1.807) is 0 Å². The first-order valence-electron chi connectivity index (χ1n) is 11.7. The third-order valence-electron chi connectivity index (χ3n) is 6.27. The molecule has 0 atom stereocenters. The number of likely N-dealkylation sites (tertiary alicyclic amines) is 1. The van der Waals surface area contributed by atoms with Crippen molar-refractivity contribution >= 4 is 22.9 Å². The molecule has 2 heterocycles. The van der Waals surface area contributed by atoms with E-state index in [9.17, 15) is 18.0 Å². The smallest absolute Gasteiger partial charge is 0.299 e. The molecule has 1 saturated heterocycles. The van der Waals surface area contributed by atoms with E-state index < -0.39 is 17.6 Å². The Balaban J connectivity index is 1.50. The number of carbonyl (C=O) groups is 1. The lowest BCUT2D eigenvalue weighted by atomic mass is 10.1. The lowest BCUT2D eigenvalue weighted by Crippen LogP contribution is -2.29. The van der Waals surface area contributed by atoms with Crippen LogP contribution in [0.4, 0.5) is 19.1 Å². The van der Waals surface area contributed by atoms with Crippen LogP contribution < -0.4 is 5.32 Å². The topological polar surface area (TPSA) is 50.2 Å². The molecule has 5 rings (SSSR count). The number of carbonyl (C=O) groups excluding carboxylic acids is 1. The van der Waals surface area contributed by atoms with Crippen molar-refractivity contribution in [1.82, 2.24) is 14.5 Å². The van der Waals surface area contributed by atoms with Gasteiger partial charge in [0.05, 0.1) is 16.6 Å². The number of fused-ring (bicyclic) bond motifs is 1. The molecule has 1 aliphatic rings. The summed E-state index contributed by atoms with van der Waals surface area (Å²) in [4.78, 5) is 20.0. The highest BCUT2D eigenvalue weighted by molar-refractivity contribution is 6.04. The summed E-state index contributed by atoms with van der Waals surface area (Å²) in [5.74, 6) is -0.402. The zero-order valence-corrected chi connectivity index (χ0v) is 19.1. The standard InChI is InChI=1S/C27H25F3N4O/c28-27(29,30)21-9-7-8-20(17-21)25(35)32-26-31-23-16-19(18-33-14-5-2-6-15-33)12-13-24(23)34(26)22-10-3-1-4-11-22/h1,3-4,7-13,16-17H,2,5-6,14-15,18H2,(H,31,32,35). The Morgan fingerprint density at radius 1 is 0.914 bits per heavy atom. The lowest BCUT2D eigenvalue weighted by Gasteiger charge is -2.26. The Kier molecular flexibility index (Phi) is 6.30. The second-order valence-corrected chi connectivity index (χ2v) is 8.80. The number of piperidine rings is 1. The van der Waals surface area contributed by atoms with Crippen molar-refractivity contribution in [3.8, 4) is 5.69 Å². The van der Waals surface area contributed by atoms with Gasteiger partial charge >= 0.3 is 6.18 Å². The molecule has 8 heteroatoms. The van der Waals surface area contributed by atoms with Crippen LogP contribution in [-0.2, 0) is 12.7 Å². The van der Waals surface area contributed by atoms with Crippen LogP contribution in [0.3, 0.4) is 0 Å². The van der Waals surface area contributed by atoms with Gasteiger partial charge in [-0.3, -0.25) is 19.6 Å². The Hall–Kier alpha value is -3.65. The van der Waals surface area contributed by atoms with E-state index in [0.717, 1.165) is 48.5 Å². The fraction of sp³-hybridized carbons (Fsp3) is 0.259. The van der Waals surface area contributed by atoms with Gasteiger partial charge in [0.2, 0.25) is 5.95 Å². The average Bonchev–Trinajstić information content (AvgIpc) is 3.21. The number of imidazole rings is 1. The van der Waals surface area contributed by atoms with Crippen LogP contribution in [0.1, 0.15) is 40.7 Å². The third kappa shape index (κ3) is 5.07. The molecule has 1 fully saturated rings. The lowest BCUT2D eigenvalue weighted by molar-refractivity contribution is -0.137. The molecule has 35 heavy (non-hydrogen) atoms. The predicted molar refractivity (Wildman–Crippen MR) is 130 cm³/mol. The van der Waals surface area contributed by atoms with Crippen LogP contribution in [0.2, 0.25) is 0 Å². The van der Waals surface area contributed by atoms with Crippen molar-refractivity contribution in [2.24, 2.45) is 0 Å². The maximum absolute atomic E-state index is 13.1. The van der Waals surface area contributed by atoms with Gasteiger partial charge in [0.25, 0.3) is 5.91 Å². The molecule has 1 N–H and O–H groups in total. The molecule has 0 radical (unpaired) electrons. The molecule has 1 aliphatic heterocycles. The summed E-state index contributed by atoms with van der Waals surface area (Å²) in [7, 11) is 0. The van der Waals surface area contributed by atoms with E-state index >= 15 is 0 Å². The van der Waals surface area contributed by atoms with Crippen molar-refractivity contribution in [3.05, 3.63) is 89.5 Å². The Morgan fingerprint density at radius 3 is 2.43 bits per heavy atom. The second kappa shape index (κ2) is 9.54. The number of rotatable bonds is 5. The molecule has 5 nitrogen and oxygen atoms in total. The number of alkyl halides is 3. The van der Waals surface area contributed by atoms with Crippen molar-refractivity contribution in [1.29, 1.82) is 0 Å². The van der Waals surface area contributed by atoms with Gasteiger partial charge in [-0.1, -0.05) is 36.8 Å². The number of hydrogen-bond acceptors (Lipinski definition) is 3. The van der Waals surface area contributed by atoms with Crippen molar-refractivity contribution < 1.29 is 18.0 Å². The van der Waals surface area contributed by atoms with Gasteiger partial charge in [0.1, 0.15) is 0 Å². The van der Waals surface area contributed by atoms with Crippen LogP contribution in [0.15, 0.2) is 72.8 Å². The highest BCUT2D eigenvalue weighted by Crippen LogP contribution is 2.30. The first-order valence-corrected chi connectivity index (χ1v) is 11.7. The highest BCUT2D eigenvalue weighted by atomic mass is 19.4. The maximum atomic E-state index is 13.1. The number of benzene rings is 3. The fourth-order valence-electron chi connectivity index (χ4n) is 4.53. The molecular formula is C27H25F3N4O. The van der Waals surface area contributed by atoms with Gasteiger partial charge in [0.15, 0.2) is 0 Å². The number of nitrogens with one attached hydrogen (secondary N) is 1. The van der Waals surface area contributed by atoms with Crippen LogP contribution >= 0.6 is 0 Å². The highest BCUT2D eigenvalue weighted by Gasteiger charge is 2.31. The van der Waals surface area contributed by atoms with Crippen LogP contribution in [0.25, 0.3) is 16.7 Å². The van der Waals surface area contributed by atoms with Crippen LogP contribution in [-0.4, -0.2) is 33.4 Å². The van der Waals surface area contributed by atoms with Crippen molar-refractivity contribution in [3.63, 3.8) is 0 Å². The van der Waals surface area contributed by atoms with Gasteiger partial charge in [-0.2, -0.15) is 13.2 Å². The van der Waals surface area contributed by atoms with Crippen molar-refractivity contribution in [2.45, 2.75) is 32.0 Å². The number of aromatic nitrogens is 2. The molecular weight excluding hydrogens is 453 g/mol. The van der Waals surface area contributed by atoms with Crippen LogP contribution in [0.5, 0.6) is 0 Å². The first-order chi connectivity index (χ1) is 16.9. The number of para-hydroxylation sites is 1. The number of anilines is 1. The van der Waals surface area contributed by atoms with Crippen molar-refractivity contribution in [2.75, 3.05) is 18.4 Å². The summed E-state index contributed by atoms with van der Waals surface area (Å²) >= 11 is 0. The molecule has 0 spiro atoms. The maximum Gasteiger partial charge on any atom is 0.416 e. The van der Waals surface area contributed by atoms with E-state index in [4.69, 9.17) is 0 Å². The molecule has 180 valence electrons. The van der Waals surface area contributed by atoms with Gasteiger partial charge in [-0.05, 0) is 74.0 Å². The molecule has 3 aromatic carbocycles. The molecule has 1 amide bonds. The largest absolute Gasteiger partial charge is 0.416 e. The summed E-state index contributed by atoms with van der Waals surface area (Å²) < 4.78 is 41.2. The van der Waals surface area contributed by atoms with Gasteiger partial charge in [-0.15, -0.1) is 0 Å². The molecule has 0 bridgehead atoms. The summed E-state index contributed by atoms with van der Waals surface area (Å²) in [5.41, 5.74) is 2.48. The molecule has 4 aromatic rings. The number of amides is 1. The van der Waals surface area contributed by atoms with E-state index in [-0.39, 0.29) is 11.5 Å². The minimum Gasteiger partial charge on any atom is -0.299 e. The normalized spacial score (nSPS) is 14.8. The zero-order valence-electron chi connectivity index (χ0n) is 19.1. The summed E-state index contributed by atoms with van der Waals surface area (Å²) in [6.07, 6.45) is -0.850. The Morgan fingerprint density at radius 2 is 1.69 bits per heavy atom. The van der Waals surface area contributed by atoms with Crippen LogP contribution in [0, 0.1) is 0 Å². The molecule has 1 aromatic heterocycles. The van der Waals surface area contributed by atoms with Gasteiger partial charge < -0.3 is 0 Å². The zero-order chi connectivity index (χ0) is 24.4. The van der Waals surface area contributed by atoms with Gasteiger partial charge in [0, 0.05) is 17.8 Å². The quantitative estimate of drug-likeness (QED) is 0.367. The molecule has 0 unspecified atom stereocenters. The summed E-state index contributed by atoms with van der Waals surface area (Å²) in [6.45, 7) is 2.99. The van der Waals surface area contributed by atoms with E-state index in [1.807, 2.05) is 47.0 Å². The number of halogens is 3. The average molecular weight is 479 g/mol. The summed E-state index contributed by atoms with van der Waals surface area (Å²) in [6, 6.07) is 19.9. The number of nitrogens with zero attached hydrogens (tertiary/aromatic N) is 3. The predicted octanol–water partition coefficient (Wildman–Crippen LogP) is 6.28. The Labute approximate surface area is 201 Å². The summed E-state index contributed by atoms with van der Waals surface area (Å²) in [5, 5.41) is 2.73. The second-order valence-electron chi connectivity index (χ2n) is 8.80. The molecule has 0 saturated carbocycles. The first kappa shape index (κ1) is 23.1. The Bertz CT molecular complexity index is 1340. The monoisotopic (exact) mass is 478 g/mol. The fourth-order valence-corrected chi connectivity index (χ4v) is 4.53. The van der Waals surface area contributed by atoms with Gasteiger partial charge in [-0.25, -0.2) is 4.98 Å². The van der Waals surface area contributed by atoms with E-state index in [1.165, 1.54) is 31.4 Å².